The summed E-state index contributed by atoms with van der Waals surface area (Å²) in [6, 6.07) is 7.26. The zero-order valence-corrected chi connectivity index (χ0v) is 11.2. The van der Waals surface area contributed by atoms with E-state index in [1.165, 1.54) is 6.92 Å². The zero-order valence-electron chi connectivity index (χ0n) is 11.2. The second-order valence-electron chi connectivity index (χ2n) is 4.63. The summed E-state index contributed by atoms with van der Waals surface area (Å²) in [6.07, 6.45) is 4.91. The summed E-state index contributed by atoms with van der Waals surface area (Å²) in [4.78, 5) is 28.5. The first-order valence-electron chi connectivity index (χ1n) is 6.22. The third kappa shape index (κ3) is 1.67. The van der Waals surface area contributed by atoms with Crippen LogP contribution in [0.2, 0.25) is 0 Å². The molecule has 2 heterocycles. The smallest absolute Gasteiger partial charge is 0.202 e. The lowest BCUT2D eigenvalue weighted by molar-refractivity contribution is 0.101. The Kier molecular flexibility index (Phi) is 2.75. The van der Waals surface area contributed by atoms with Crippen molar-refractivity contribution in [1.82, 2.24) is 14.1 Å². The molecule has 0 radical (unpaired) electrons. The lowest BCUT2D eigenvalue weighted by atomic mass is 10.1. The highest BCUT2D eigenvalue weighted by molar-refractivity contribution is 6.00. The molecule has 0 saturated heterocycles. The molecule has 0 fully saturated rings. The van der Waals surface area contributed by atoms with Crippen molar-refractivity contribution in [2.24, 2.45) is 7.05 Å². The number of carbonyl (C=O) groups is 1. The average molecular weight is 267 g/mol. The Morgan fingerprint density at radius 1 is 1.25 bits per heavy atom. The lowest BCUT2D eigenvalue weighted by Gasteiger charge is -2.16. The fourth-order valence-electron chi connectivity index (χ4n) is 2.48. The minimum absolute atomic E-state index is 0.184. The number of ketones is 1. The van der Waals surface area contributed by atoms with E-state index < -0.39 is 0 Å². The van der Waals surface area contributed by atoms with Crippen molar-refractivity contribution >= 4 is 16.7 Å². The quantitative estimate of drug-likeness (QED) is 0.667. The maximum Gasteiger partial charge on any atom is 0.202 e. The first-order chi connectivity index (χ1) is 9.61. The number of hydrogen-bond donors (Lipinski definition) is 0. The minimum Gasteiger partial charge on any atom is -0.329 e. The van der Waals surface area contributed by atoms with Crippen molar-refractivity contribution in [3.63, 3.8) is 0 Å². The number of fused-ring (bicyclic) bond motifs is 1. The van der Waals surface area contributed by atoms with E-state index in [0.29, 0.717) is 11.2 Å². The number of para-hydroxylation sites is 1. The van der Waals surface area contributed by atoms with Crippen LogP contribution in [0.15, 0.2) is 47.8 Å². The van der Waals surface area contributed by atoms with E-state index in [-0.39, 0.29) is 16.8 Å². The van der Waals surface area contributed by atoms with Gasteiger partial charge in [-0.15, -0.1) is 0 Å². The van der Waals surface area contributed by atoms with Gasteiger partial charge in [0.15, 0.2) is 5.78 Å². The summed E-state index contributed by atoms with van der Waals surface area (Å²) in [5.41, 5.74) is 0.727. The van der Waals surface area contributed by atoms with Gasteiger partial charge in [-0.25, -0.2) is 4.98 Å². The maximum absolute atomic E-state index is 12.6. The molecular weight excluding hydrogens is 254 g/mol. The molecule has 0 bridgehead atoms. The highest BCUT2D eigenvalue weighted by Crippen LogP contribution is 2.18. The van der Waals surface area contributed by atoms with Crippen molar-refractivity contribution in [3.05, 3.63) is 58.8 Å². The van der Waals surface area contributed by atoms with Gasteiger partial charge in [-0.05, 0) is 19.1 Å². The molecule has 0 amide bonds. The zero-order chi connectivity index (χ0) is 14.3. The third-order valence-corrected chi connectivity index (χ3v) is 3.38. The fourth-order valence-corrected chi connectivity index (χ4v) is 2.48. The largest absolute Gasteiger partial charge is 0.329 e. The molecule has 5 heteroatoms. The molecule has 3 rings (SSSR count). The Balaban J connectivity index is 2.56. The highest BCUT2D eigenvalue weighted by Gasteiger charge is 2.19. The van der Waals surface area contributed by atoms with E-state index in [4.69, 9.17) is 0 Å². The lowest BCUT2D eigenvalue weighted by Crippen LogP contribution is -2.22. The van der Waals surface area contributed by atoms with Crippen LogP contribution < -0.4 is 5.43 Å². The van der Waals surface area contributed by atoms with Gasteiger partial charge in [-0.2, -0.15) is 0 Å². The Hall–Kier alpha value is -2.69. The molecule has 0 aliphatic heterocycles. The van der Waals surface area contributed by atoms with Crippen molar-refractivity contribution in [2.75, 3.05) is 0 Å². The summed E-state index contributed by atoms with van der Waals surface area (Å²) in [5.74, 6) is 0.291. The van der Waals surface area contributed by atoms with Crippen LogP contribution >= 0.6 is 0 Å². The first kappa shape index (κ1) is 12.3. The van der Waals surface area contributed by atoms with Gasteiger partial charge < -0.3 is 4.57 Å². The van der Waals surface area contributed by atoms with Gasteiger partial charge in [0.25, 0.3) is 0 Å². The molecule has 3 aromatic rings. The summed E-state index contributed by atoms with van der Waals surface area (Å²) < 4.78 is 3.53. The number of benzene rings is 1. The number of pyridine rings is 1. The van der Waals surface area contributed by atoms with Crippen LogP contribution in [0.1, 0.15) is 17.3 Å². The van der Waals surface area contributed by atoms with Crippen molar-refractivity contribution in [3.8, 4) is 5.82 Å². The third-order valence-electron chi connectivity index (χ3n) is 3.38. The van der Waals surface area contributed by atoms with Gasteiger partial charge in [-0.1, -0.05) is 12.1 Å². The van der Waals surface area contributed by atoms with Crippen LogP contribution in [0.5, 0.6) is 0 Å². The van der Waals surface area contributed by atoms with Gasteiger partial charge in [0.2, 0.25) is 5.43 Å². The second kappa shape index (κ2) is 4.45. The van der Waals surface area contributed by atoms with Crippen molar-refractivity contribution < 1.29 is 4.79 Å². The molecule has 0 unspecified atom stereocenters. The molecule has 0 atom stereocenters. The van der Waals surface area contributed by atoms with E-state index in [0.717, 1.165) is 5.52 Å². The van der Waals surface area contributed by atoms with E-state index >= 15 is 0 Å². The Morgan fingerprint density at radius 3 is 2.65 bits per heavy atom. The number of carbonyl (C=O) groups excluding carboxylic acids is 1. The molecule has 1 aromatic carbocycles. The molecule has 20 heavy (non-hydrogen) atoms. The van der Waals surface area contributed by atoms with Gasteiger partial charge in [0, 0.05) is 24.8 Å². The predicted molar refractivity (Wildman–Crippen MR) is 76.3 cm³/mol. The molecule has 0 aliphatic rings. The molecule has 0 spiro atoms. The van der Waals surface area contributed by atoms with Crippen LogP contribution in [-0.4, -0.2) is 19.9 Å². The number of aromatic nitrogens is 3. The number of imidazole rings is 1. The molecule has 0 aliphatic carbocycles. The normalized spacial score (nSPS) is 10.9. The highest BCUT2D eigenvalue weighted by atomic mass is 16.1. The molecule has 100 valence electrons. The number of Topliss-reactive ketones (excluding diaryl/α,β-unsaturated/α-hetero) is 1. The molecule has 5 nitrogen and oxygen atoms in total. The van der Waals surface area contributed by atoms with E-state index in [1.54, 1.807) is 35.4 Å². The maximum atomic E-state index is 12.6. The SMILES string of the molecule is CC(=O)c1c(-n2ccnc2)n(C)c2ccccc2c1=O. The Morgan fingerprint density at radius 2 is 2.00 bits per heavy atom. The van der Waals surface area contributed by atoms with Crippen LogP contribution in [0.25, 0.3) is 16.7 Å². The summed E-state index contributed by atoms with van der Waals surface area (Å²) in [5, 5.41) is 0.545. The number of hydrogen-bond acceptors (Lipinski definition) is 3. The summed E-state index contributed by atoms with van der Waals surface area (Å²) in [7, 11) is 1.84. The van der Waals surface area contributed by atoms with Gasteiger partial charge in [0.05, 0.1) is 5.52 Å². The molecule has 0 N–H and O–H groups in total. The summed E-state index contributed by atoms with van der Waals surface area (Å²) in [6.45, 7) is 1.41. The van der Waals surface area contributed by atoms with Crippen LogP contribution in [0.3, 0.4) is 0 Å². The van der Waals surface area contributed by atoms with Gasteiger partial charge in [-0.3, -0.25) is 14.2 Å². The van der Waals surface area contributed by atoms with Gasteiger partial charge in [0.1, 0.15) is 17.7 Å². The van der Waals surface area contributed by atoms with E-state index in [1.807, 2.05) is 23.7 Å². The van der Waals surface area contributed by atoms with Crippen LogP contribution in [0, 0.1) is 0 Å². The van der Waals surface area contributed by atoms with Crippen LogP contribution in [0.4, 0.5) is 0 Å². The Labute approximate surface area is 115 Å². The molecule has 2 aromatic heterocycles. The average Bonchev–Trinajstić information content (AvgIpc) is 2.96. The van der Waals surface area contributed by atoms with E-state index in [2.05, 4.69) is 4.98 Å². The number of rotatable bonds is 2. The standard InChI is InChI=1S/C15H13N3O2/c1-10(19)13-14(20)11-5-3-4-6-12(11)17(2)15(13)18-8-7-16-9-18/h3-9H,1-2H3. The van der Waals surface area contributed by atoms with Crippen molar-refractivity contribution in [1.29, 1.82) is 0 Å². The second-order valence-corrected chi connectivity index (χ2v) is 4.63. The minimum atomic E-state index is -0.250. The predicted octanol–water partition coefficient (Wildman–Crippen LogP) is 1.93. The number of nitrogens with zero attached hydrogens (tertiary/aromatic N) is 3. The van der Waals surface area contributed by atoms with E-state index in [9.17, 15) is 9.59 Å². The first-order valence-corrected chi connectivity index (χ1v) is 6.22. The molecule has 0 saturated carbocycles. The topological polar surface area (TPSA) is 56.9 Å². The van der Waals surface area contributed by atoms with Crippen LogP contribution in [-0.2, 0) is 7.05 Å². The molecular formula is C15H13N3O2. The Bertz CT molecular complexity index is 861. The van der Waals surface area contributed by atoms with Gasteiger partial charge >= 0.3 is 0 Å². The van der Waals surface area contributed by atoms with Crippen molar-refractivity contribution in [2.45, 2.75) is 6.92 Å². The number of aryl methyl sites for hydroxylation is 1. The monoisotopic (exact) mass is 267 g/mol. The fraction of sp³-hybridized carbons (Fsp3) is 0.133. The summed E-state index contributed by atoms with van der Waals surface area (Å²) >= 11 is 0.